The van der Waals surface area contributed by atoms with Gasteiger partial charge in [-0.1, -0.05) is 13.8 Å². The van der Waals surface area contributed by atoms with Crippen molar-refractivity contribution < 1.29 is 9.53 Å². The minimum Gasteiger partial charge on any atom is -0.465 e. The molecule has 0 radical (unpaired) electrons. The van der Waals surface area contributed by atoms with E-state index in [9.17, 15) is 4.79 Å². The molecule has 0 fully saturated rings. The lowest BCUT2D eigenvalue weighted by atomic mass is 10.1. The maximum Gasteiger partial charge on any atom is 0.337 e. The molecule has 0 atom stereocenters. The Morgan fingerprint density at radius 2 is 2.00 bits per heavy atom. The molecular weight excluding hydrogens is 222 g/mol. The summed E-state index contributed by atoms with van der Waals surface area (Å²) in [6.07, 6.45) is 0. The summed E-state index contributed by atoms with van der Waals surface area (Å²) in [5.41, 5.74) is 1.65. The lowest BCUT2D eigenvalue weighted by molar-refractivity contribution is 0.0600. The van der Waals surface area contributed by atoms with Gasteiger partial charge < -0.3 is 4.74 Å². The molecule has 0 saturated carbocycles. The summed E-state index contributed by atoms with van der Waals surface area (Å²) in [7, 11) is 3.24. The van der Waals surface area contributed by atoms with Crippen molar-refractivity contribution in [2.75, 3.05) is 14.2 Å². The van der Waals surface area contributed by atoms with Crippen LogP contribution in [0.3, 0.4) is 0 Å². The summed E-state index contributed by atoms with van der Waals surface area (Å²) >= 11 is 1.53. The van der Waals surface area contributed by atoms with Gasteiger partial charge in [0.25, 0.3) is 0 Å². The van der Waals surface area contributed by atoms with E-state index in [1.807, 2.05) is 40.0 Å². The second-order valence-corrected chi connectivity index (χ2v) is 3.83. The zero-order valence-corrected chi connectivity index (χ0v) is 11.3. The minimum atomic E-state index is -0.297. The highest BCUT2D eigenvalue weighted by atomic mass is 32.2. The van der Waals surface area contributed by atoms with E-state index in [1.165, 1.54) is 19.1 Å². The Labute approximate surface area is 102 Å². The monoisotopic (exact) mass is 241 g/mol. The van der Waals surface area contributed by atoms with Crippen LogP contribution in [0.4, 0.5) is 0 Å². The van der Waals surface area contributed by atoms with Gasteiger partial charge in [-0.25, -0.2) is 4.79 Å². The highest BCUT2D eigenvalue weighted by Crippen LogP contribution is 2.20. The summed E-state index contributed by atoms with van der Waals surface area (Å²) in [6.45, 7) is 5.96. The molecule has 0 aliphatic carbocycles. The van der Waals surface area contributed by atoms with E-state index in [2.05, 4.69) is 9.46 Å². The fourth-order valence-corrected chi connectivity index (χ4v) is 1.69. The van der Waals surface area contributed by atoms with Crippen LogP contribution in [0.5, 0.6) is 0 Å². The smallest absolute Gasteiger partial charge is 0.337 e. The van der Waals surface area contributed by atoms with Crippen molar-refractivity contribution in [2.45, 2.75) is 25.7 Å². The number of methoxy groups -OCH3 is 1. The average molecular weight is 241 g/mol. The molecule has 4 heteroatoms. The summed E-state index contributed by atoms with van der Waals surface area (Å²) in [5.74, 6) is -0.297. The first kappa shape index (κ1) is 15.0. The van der Waals surface area contributed by atoms with Crippen molar-refractivity contribution in [3.05, 3.63) is 29.3 Å². The van der Waals surface area contributed by atoms with Crippen LogP contribution < -0.4 is 4.72 Å². The zero-order chi connectivity index (χ0) is 12.6. The van der Waals surface area contributed by atoms with E-state index >= 15 is 0 Å². The fourth-order valence-electron chi connectivity index (χ4n) is 1.12. The molecule has 1 rings (SSSR count). The topological polar surface area (TPSA) is 38.3 Å². The molecule has 0 saturated heterocycles. The minimum absolute atomic E-state index is 0.297. The molecule has 1 aromatic rings. The molecule has 0 amide bonds. The Bertz CT molecular complexity index is 340. The van der Waals surface area contributed by atoms with Crippen LogP contribution in [0, 0.1) is 6.92 Å². The highest BCUT2D eigenvalue weighted by molar-refractivity contribution is 7.97. The number of aryl methyl sites for hydroxylation is 1. The first-order chi connectivity index (χ1) is 7.69. The maximum absolute atomic E-state index is 11.2. The molecule has 90 valence electrons. The quantitative estimate of drug-likeness (QED) is 0.652. The van der Waals surface area contributed by atoms with Crippen LogP contribution in [0.2, 0.25) is 0 Å². The van der Waals surface area contributed by atoms with Crippen LogP contribution in [-0.4, -0.2) is 20.1 Å². The molecule has 16 heavy (non-hydrogen) atoms. The fraction of sp³-hybridized carbons (Fsp3) is 0.417. The third kappa shape index (κ3) is 4.24. The first-order valence-electron chi connectivity index (χ1n) is 5.21. The number of carbonyl (C=O) groups excluding carboxylic acids is 1. The van der Waals surface area contributed by atoms with E-state index < -0.39 is 0 Å². The van der Waals surface area contributed by atoms with Gasteiger partial charge in [-0.2, -0.15) is 0 Å². The van der Waals surface area contributed by atoms with Gasteiger partial charge in [0, 0.05) is 4.90 Å². The number of esters is 1. The molecule has 0 unspecified atom stereocenters. The molecule has 1 aromatic carbocycles. The number of ether oxygens (including phenoxy) is 1. The molecule has 0 aromatic heterocycles. The second-order valence-electron chi connectivity index (χ2n) is 2.78. The Morgan fingerprint density at radius 1 is 1.38 bits per heavy atom. The number of benzene rings is 1. The second kappa shape index (κ2) is 8.19. The van der Waals surface area contributed by atoms with Crippen molar-refractivity contribution in [3.8, 4) is 0 Å². The van der Waals surface area contributed by atoms with Crippen molar-refractivity contribution in [1.82, 2.24) is 4.72 Å². The number of nitrogens with one attached hydrogen (secondary N) is 1. The third-order valence-electron chi connectivity index (χ3n) is 1.81. The van der Waals surface area contributed by atoms with Gasteiger partial charge in [0.1, 0.15) is 0 Å². The maximum atomic E-state index is 11.2. The largest absolute Gasteiger partial charge is 0.465 e. The van der Waals surface area contributed by atoms with Gasteiger partial charge in [0.05, 0.1) is 12.7 Å². The van der Waals surface area contributed by atoms with E-state index in [0.717, 1.165) is 10.5 Å². The van der Waals surface area contributed by atoms with Gasteiger partial charge in [-0.05, 0) is 49.7 Å². The van der Waals surface area contributed by atoms with Crippen LogP contribution in [0.25, 0.3) is 0 Å². The predicted octanol–water partition coefficient (Wildman–Crippen LogP) is 3.03. The Hall–Kier alpha value is -1.00. The molecule has 1 N–H and O–H groups in total. The van der Waals surface area contributed by atoms with Crippen LogP contribution in [-0.2, 0) is 4.74 Å². The lowest BCUT2D eigenvalue weighted by Crippen LogP contribution is -2.02. The van der Waals surface area contributed by atoms with E-state index in [1.54, 1.807) is 6.07 Å². The van der Waals surface area contributed by atoms with E-state index in [0.29, 0.717) is 5.56 Å². The molecule has 0 spiro atoms. The highest BCUT2D eigenvalue weighted by Gasteiger charge is 2.07. The lowest BCUT2D eigenvalue weighted by Gasteiger charge is -2.05. The zero-order valence-electron chi connectivity index (χ0n) is 10.5. The van der Waals surface area contributed by atoms with Gasteiger partial charge >= 0.3 is 5.97 Å². The molecule has 0 aliphatic heterocycles. The summed E-state index contributed by atoms with van der Waals surface area (Å²) in [6, 6.07) is 5.49. The Balaban J connectivity index is 0.00000106. The number of hydrogen-bond acceptors (Lipinski definition) is 4. The Kier molecular flexibility index (Phi) is 7.68. The van der Waals surface area contributed by atoms with Crippen LogP contribution in [0.15, 0.2) is 23.1 Å². The van der Waals surface area contributed by atoms with Gasteiger partial charge in [0.15, 0.2) is 0 Å². The molecule has 3 nitrogen and oxygen atoms in total. The standard InChI is InChI=1S/C10H13NO2S.C2H6/c1-7-6-8(10(12)13-3)4-5-9(7)14-11-2;1-2/h4-6,11H,1-3H3;1-2H3. The van der Waals surface area contributed by atoms with Crippen molar-refractivity contribution in [3.63, 3.8) is 0 Å². The SMILES string of the molecule is CC.CNSc1ccc(C(=O)OC)cc1C. The van der Waals surface area contributed by atoms with Gasteiger partial charge in [0.2, 0.25) is 0 Å². The van der Waals surface area contributed by atoms with Crippen LogP contribution >= 0.6 is 11.9 Å². The Morgan fingerprint density at radius 3 is 2.44 bits per heavy atom. The molecule has 0 bridgehead atoms. The first-order valence-corrected chi connectivity index (χ1v) is 6.03. The van der Waals surface area contributed by atoms with E-state index in [-0.39, 0.29) is 5.97 Å². The number of rotatable bonds is 3. The van der Waals surface area contributed by atoms with E-state index in [4.69, 9.17) is 0 Å². The predicted molar refractivity (Wildman–Crippen MR) is 68.8 cm³/mol. The molecule has 0 aliphatic rings. The molecule has 0 heterocycles. The number of carbonyl (C=O) groups is 1. The number of hydrogen-bond donors (Lipinski definition) is 1. The molecular formula is C12H19NO2S. The third-order valence-corrected chi connectivity index (χ3v) is 2.69. The average Bonchev–Trinajstić information content (AvgIpc) is 2.33. The summed E-state index contributed by atoms with van der Waals surface area (Å²) < 4.78 is 7.62. The van der Waals surface area contributed by atoms with Crippen molar-refractivity contribution >= 4 is 17.9 Å². The summed E-state index contributed by atoms with van der Waals surface area (Å²) in [4.78, 5) is 12.3. The normalized spacial score (nSPS) is 9.06. The summed E-state index contributed by atoms with van der Waals surface area (Å²) in [5, 5.41) is 0. The van der Waals surface area contributed by atoms with Crippen molar-refractivity contribution in [2.24, 2.45) is 0 Å². The van der Waals surface area contributed by atoms with Crippen LogP contribution in [0.1, 0.15) is 29.8 Å². The van der Waals surface area contributed by atoms with Gasteiger partial charge in [-0.15, -0.1) is 0 Å². The van der Waals surface area contributed by atoms with Crippen molar-refractivity contribution in [1.29, 1.82) is 0 Å². The van der Waals surface area contributed by atoms with Gasteiger partial charge in [-0.3, -0.25) is 4.72 Å².